The van der Waals surface area contributed by atoms with Gasteiger partial charge in [0.15, 0.2) is 0 Å². The Bertz CT molecular complexity index is 418. The maximum Gasteiger partial charge on any atom is 0.137 e. The zero-order chi connectivity index (χ0) is 13.9. The molecule has 0 saturated heterocycles. The van der Waals surface area contributed by atoms with Gasteiger partial charge in [-0.1, -0.05) is 17.7 Å². The summed E-state index contributed by atoms with van der Waals surface area (Å²) >= 11 is 6.14. The molecule has 0 fully saturated rings. The van der Waals surface area contributed by atoms with Gasteiger partial charge in [0.1, 0.15) is 5.75 Å². The van der Waals surface area contributed by atoms with Gasteiger partial charge in [-0.2, -0.15) is 5.26 Å². The average molecular weight is 283 g/mol. The van der Waals surface area contributed by atoms with Crippen molar-refractivity contribution in [2.24, 2.45) is 0 Å². The molecule has 1 N–H and O–H groups in total. The SMILES string of the molecule is COCCNCc1ccc(OCCCC#N)c(Cl)c1. The van der Waals surface area contributed by atoms with Crippen LogP contribution < -0.4 is 10.1 Å². The van der Waals surface area contributed by atoms with E-state index in [-0.39, 0.29) is 0 Å². The number of rotatable bonds is 9. The number of hydrogen-bond acceptors (Lipinski definition) is 4. The van der Waals surface area contributed by atoms with Crippen LogP contribution in [0.25, 0.3) is 0 Å². The highest BCUT2D eigenvalue weighted by atomic mass is 35.5. The van der Waals surface area contributed by atoms with Crippen LogP contribution in [0.2, 0.25) is 5.02 Å². The Kier molecular flexibility index (Phi) is 7.99. The van der Waals surface area contributed by atoms with Crippen molar-refractivity contribution in [3.8, 4) is 11.8 Å². The molecule has 0 radical (unpaired) electrons. The quantitative estimate of drug-likeness (QED) is 0.708. The molecule has 0 unspecified atom stereocenters. The zero-order valence-electron chi connectivity index (χ0n) is 11.1. The van der Waals surface area contributed by atoms with E-state index < -0.39 is 0 Å². The fraction of sp³-hybridized carbons (Fsp3) is 0.500. The number of nitrogens with zero attached hydrogens (tertiary/aromatic N) is 1. The molecule has 0 saturated carbocycles. The van der Waals surface area contributed by atoms with Crippen molar-refractivity contribution in [1.82, 2.24) is 5.32 Å². The van der Waals surface area contributed by atoms with Gasteiger partial charge < -0.3 is 14.8 Å². The van der Waals surface area contributed by atoms with Crippen LogP contribution in [0.5, 0.6) is 5.75 Å². The molecule has 4 nitrogen and oxygen atoms in total. The minimum absolute atomic E-state index is 0.499. The molecule has 0 heterocycles. The predicted molar refractivity (Wildman–Crippen MR) is 75.4 cm³/mol. The van der Waals surface area contributed by atoms with Gasteiger partial charge in [0.05, 0.1) is 24.3 Å². The molecule has 0 aliphatic carbocycles. The van der Waals surface area contributed by atoms with E-state index in [1.165, 1.54) is 0 Å². The van der Waals surface area contributed by atoms with E-state index in [0.717, 1.165) is 18.7 Å². The molecule has 0 aliphatic rings. The lowest BCUT2D eigenvalue weighted by Gasteiger charge is -2.09. The zero-order valence-corrected chi connectivity index (χ0v) is 11.9. The summed E-state index contributed by atoms with van der Waals surface area (Å²) in [5.74, 6) is 0.667. The third-order valence-electron chi connectivity index (χ3n) is 2.50. The summed E-state index contributed by atoms with van der Waals surface area (Å²) < 4.78 is 10.5. The first-order valence-electron chi connectivity index (χ1n) is 6.25. The van der Waals surface area contributed by atoms with Crippen molar-refractivity contribution in [3.63, 3.8) is 0 Å². The van der Waals surface area contributed by atoms with Gasteiger partial charge in [0.25, 0.3) is 0 Å². The highest BCUT2D eigenvalue weighted by Gasteiger charge is 2.03. The summed E-state index contributed by atoms with van der Waals surface area (Å²) in [6, 6.07) is 7.81. The van der Waals surface area contributed by atoms with Gasteiger partial charge >= 0.3 is 0 Å². The maximum absolute atomic E-state index is 8.43. The third kappa shape index (κ3) is 6.44. The number of unbranched alkanes of at least 4 members (excludes halogenated alkanes) is 1. The summed E-state index contributed by atoms with van der Waals surface area (Å²) in [4.78, 5) is 0. The second-order valence-corrected chi connectivity index (χ2v) is 4.45. The normalized spacial score (nSPS) is 10.2. The number of hydrogen-bond donors (Lipinski definition) is 1. The molecule has 0 amide bonds. The van der Waals surface area contributed by atoms with E-state index in [0.29, 0.717) is 36.8 Å². The summed E-state index contributed by atoms with van der Waals surface area (Å²) in [6.07, 6.45) is 1.21. The van der Waals surface area contributed by atoms with E-state index in [4.69, 9.17) is 26.3 Å². The van der Waals surface area contributed by atoms with Crippen molar-refractivity contribution in [2.75, 3.05) is 26.9 Å². The van der Waals surface area contributed by atoms with Crippen LogP contribution in [0.1, 0.15) is 18.4 Å². The molecular weight excluding hydrogens is 264 g/mol. The number of nitrogens with one attached hydrogen (secondary N) is 1. The Hall–Kier alpha value is -1.28. The second-order valence-electron chi connectivity index (χ2n) is 4.04. The number of benzene rings is 1. The summed E-state index contributed by atoms with van der Waals surface area (Å²) in [6.45, 7) is 2.75. The topological polar surface area (TPSA) is 54.3 Å². The number of nitriles is 1. The molecule has 1 aromatic rings. The van der Waals surface area contributed by atoms with Gasteiger partial charge in [-0.05, 0) is 24.1 Å². The molecule has 19 heavy (non-hydrogen) atoms. The molecule has 1 rings (SSSR count). The lowest BCUT2D eigenvalue weighted by atomic mass is 10.2. The average Bonchev–Trinajstić information content (AvgIpc) is 2.42. The summed E-state index contributed by atoms with van der Waals surface area (Å²) in [5, 5.41) is 12.3. The fourth-order valence-corrected chi connectivity index (χ4v) is 1.77. The molecule has 0 spiro atoms. The summed E-state index contributed by atoms with van der Waals surface area (Å²) in [5.41, 5.74) is 1.10. The molecule has 0 atom stereocenters. The van der Waals surface area contributed by atoms with Crippen LogP contribution >= 0.6 is 11.6 Å². The second kappa shape index (κ2) is 9.62. The Morgan fingerprint density at radius 2 is 2.21 bits per heavy atom. The maximum atomic E-state index is 8.43. The van der Waals surface area contributed by atoms with Crippen LogP contribution in [0.15, 0.2) is 18.2 Å². The number of ether oxygens (including phenoxy) is 2. The Labute approximate surface area is 119 Å². The van der Waals surface area contributed by atoms with Crippen LogP contribution in [0, 0.1) is 11.3 Å². The van der Waals surface area contributed by atoms with E-state index in [1.807, 2.05) is 18.2 Å². The van der Waals surface area contributed by atoms with Gasteiger partial charge in [0.2, 0.25) is 0 Å². The lowest BCUT2D eigenvalue weighted by Crippen LogP contribution is -2.18. The summed E-state index contributed by atoms with van der Waals surface area (Å²) in [7, 11) is 1.68. The molecule has 0 aliphatic heterocycles. The third-order valence-corrected chi connectivity index (χ3v) is 2.79. The largest absolute Gasteiger partial charge is 0.492 e. The molecule has 0 bridgehead atoms. The predicted octanol–water partition coefficient (Wildman–Crippen LogP) is 2.76. The first-order chi connectivity index (χ1) is 9.27. The lowest BCUT2D eigenvalue weighted by molar-refractivity contribution is 0.199. The van der Waals surface area contributed by atoms with Crippen molar-refractivity contribution < 1.29 is 9.47 Å². The number of methoxy groups -OCH3 is 1. The molecule has 5 heteroatoms. The molecular formula is C14H19ClN2O2. The van der Waals surface area contributed by atoms with E-state index in [2.05, 4.69) is 11.4 Å². The Morgan fingerprint density at radius 3 is 2.89 bits per heavy atom. The van der Waals surface area contributed by atoms with Crippen LogP contribution in [0.4, 0.5) is 0 Å². The van der Waals surface area contributed by atoms with Gasteiger partial charge in [-0.3, -0.25) is 0 Å². The Balaban J connectivity index is 2.39. The van der Waals surface area contributed by atoms with Gasteiger partial charge in [-0.25, -0.2) is 0 Å². The minimum Gasteiger partial charge on any atom is -0.492 e. The van der Waals surface area contributed by atoms with E-state index in [9.17, 15) is 0 Å². The Morgan fingerprint density at radius 1 is 1.37 bits per heavy atom. The van der Waals surface area contributed by atoms with E-state index in [1.54, 1.807) is 7.11 Å². The smallest absolute Gasteiger partial charge is 0.137 e. The van der Waals surface area contributed by atoms with Gasteiger partial charge in [0, 0.05) is 26.6 Å². The fourth-order valence-electron chi connectivity index (χ4n) is 1.51. The first kappa shape index (κ1) is 15.8. The van der Waals surface area contributed by atoms with Crippen LogP contribution in [-0.4, -0.2) is 26.9 Å². The van der Waals surface area contributed by atoms with Crippen LogP contribution in [0.3, 0.4) is 0 Å². The van der Waals surface area contributed by atoms with Crippen molar-refractivity contribution in [2.45, 2.75) is 19.4 Å². The van der Waals surface area contributed by atoms with Gasteiger partial charge in [-0.15, -0.1) is 0 Å². The highest BCUT2D eigenvalue weighted by Crippen LogP contribution is 2.25. The van der Waals surface area contributed by atoms with Crippen molar-refractivity contribution >= 4 is 11.6 Å². The molecule has 0 aromatic heterocycles. The molecule has 104 valence electrons. The monoisotopic (exact) mass is 282 g/mol. The molecule has 1 aromatic carbocycles. The first-order valence-corrected chi connectivity index (χ1v) is 6.63. The standard InChI is InChI=1S/C14H19ClN2O2/c1-18-9-7-17-11-12-4-5-14(13(15)10-12)19-8-3-2-6-16/h4-5,10,17H,2-3,7-9,11H2,1H3. The van der Waals surface area contributed by atoms with Crippen molar-refractivity contribution in [1.29, 1.82) is 5.26 Å². The number of halogens is 1. The van der Waals surface area contributed by atoms with Crippen molar-refractivity contribution in [3.05, 3.63) is 28.8 Å². The van der Waals surface area contributed by atoms with E-state index >= 15 is 0 Å². The minimum atomic E-state index is 0.499. The highest BCUT2D eigenvalue weighted by molar-refractivity contribution is 6.32. The van der Waals surface area contributed by atoms with Crippen LogP contribution in [-0.2, 0) is 11.3 Å².